The number of imidazole rings is 1. The fraction of sp³-hybridized carbons (Fsp3) is 0.348. The second-order valence-corrected chi connectivity index (χ2v) is 9.79. The molecule has 4 N–H and O–H groups in total. The number of H-pyrrole nitrogens is 1. The lowest BCUT2D eigenvalue weighted by molar-refractivity contribution is -0.137. The van der Waals surface area contributed by atoms with Crippen molar-refractivity contribution in [2.24, 2.45) is 0 Å². The van der Waals surface area contributed by atoms with Gasteiger partial charge in [0.1, 0.15) is 10.6 Å². The Morgan fingerprint density at radius 2 is 1.82 bits per heavy atom. The molecule has 0 aliphatic heterocycles. The Morgan fingerprint density at radius 3 is 2.53 bits per heavy atom. The summed E-state index contributed by atoms with van der Waals surface area (Å²) in [6, 6.07) is 11.5. The second kappa shape index (κ2) is 10.1. The SMILES string of the molecule is O=C(O)CCCC(=O)Nc1nc2ccc(OS(=O)(=O)c3ccc(NC4CCCC4)cc3)cc2[nH]1. The van der Waals surface area contributed by atoms with Crippen molar-refractivity contribution in [3.8, 4) is 5.75 Å². The van der Waals surface area contributed by atoms with Gasteiger partial charge in [0.15, 0.2) is 0 Å². The summed E-state index contributed by atoms with van der Waals surface area (Å²) in [7, 11) is -4.04. The number of aromatic nitrogens is 2. The van der Waals surface area contributed by atoms with Crippen molar-refractivity contribution in [1.82, 2.24) is 9.97 Å². The van der Waals surface area contributed by atoms with Crippen LogP contribution in [-0.4, -0.2) is 41.4 Å². The number of carboxylic acids is 1. The van der Waals surface area contributed by atoms with Crippen LogP contribution in [-0.2, 0) is 19.7 Å². The Balaban J connectivity index is 1.40. The molecule has 0 spiro atoms. The van der Waals surface area contributed by atoms with Crippen LogP contribution in [0.2, 0.25) is 0 Å². The summed E-state index contributed by atoms with van der Waals surface area (Å²) in [6.07, 6.45) is 4.82. The molecule has 180 valence electrons. The average Bonchev–Trinajstić information content (AvgIpc) is 3.42. The number of carbonyl (C=O) groups excluding carboxylic acids is 1. The Kier molecular flexibility index (Phi) is 7.01. The number of anilines is 2. The Hall–Kier alpha value is -3.60. The third-order valence-electron chi connectivity index (χ3n) is 5.58. The zero-order valence-corrected chi connectivity index (χ0v) is 19.2. The lowest BCUT2D eigenvalue weighted by Crippen LogP contribution is -2.14. The topological polar surface area (TPSA) is 150 Å². The number of amides is 1. The molecule has 0 atom stereocenters. The molecule has 0 radical (unpaired) electrons. The molecule has 1 aliphatic carbocycles. The minimum Gasteiger partial charge on any atom is -0.481 e. The van der Waals surface area contributed by atoms with Gasteiger partial charge < -0.3 is 19.6 Å². The molecule has 0 bridgehead atoms. The molecule has 2 aromatic carbocycles. The first-order valence-corrected chi connectivity index (χ1v) is 12.5. The summed E-state index contributed by atoms with van der Waals surface area (Å²) in [5.74, 6) is -1.05. The van der Waals surface area contributed by atoms with Crippen LogP contribution in [0.3, 0.4) is 0 Å². The van der Waals surface area contributed by atoms with Crippen LogP contribution in [0.5, 0.6) is 5.75 Å². The van der Waals surface area contributed by atoms with Crippen LogP contribution in [0.1, 0.15) is 44.9 Å². The number of nitrogens with zero attached hydrogens (tertiary/aromatic N) is 1. The van der Waals surface area contributed by atoms with Crippen LogP contribution in [0.4, 0.5) is 11.6 Å². The number of carbonyl (C=O) groups is 2. The summed E-state index contributed by atoms with van der Waals surface area (Å²) in [4.78, 5) is 29.6. The van der Waals surface area contributed by atoms with Gasteiger partial charge in [-0.2, -0.15) is 8.42 Å². The fourth-order valence-corrected chi connectivity index (χ4v) is 4.82. The van der Waals surface area contributed by atoms with Crippen LogP contribution >= 0.6 is 0 Å². The van der Waals surface area contributed by atoms with E-state index in [0.29, 0.717) is 17.1 Å². The summed E-state index contributed by atoms with van der Waals surface area (Å²) in [5.41, 5.74) is 1.86. The molecule has 0 unspecified atom stereocenters. The average molecular weight is 487 g/mol. The number of rotatable bonds is 10. The van der Waals surface area contributed by atoms with Crippen molar-refractivity contribution in [2.45, 2.75) is 55.9 Å². The van der Waals surface area contributed by atoms with E-state index in [1.807, 2.05) is 0 Å². The van der Waals surface area contributed by atoms with E-state index in [-0.39, 0.29) is 41.8 Å². The van der Waals surface area contributed by atoms with Gasteiger partial charge in [0.2, 0.25) is 11.9 Å². The van der Waals surface area contributed by atoms with Crippen molar-refractivity contribution >= 4 is 44.7 Å². The van der Waals surface area contributed by atoms with E-state index in [4.69, 9.17) is 9.29 Å². The third kappa shape index (κ3) is 6.04. The molecule has 11 heteroatoms. The van der Waals surface area contributed by atoms with Crippen molar-refractivity contribution in [3.05, 3.63) is 42.5 Å². The first kappa shape index (κ1) is 23.6. The summed E-state index contributed by atoms with van der Waals surface area (Å²) in [6.45, 7) is 0. The van der Waals surface area contributed by atoms with E-state index in [1.165, 1.54) is 37.1 Å². The highest BCUT2D eigenvalue weighted by Gasteiger charge is 2.19. The molecule has 1 saturated carbocycles. The highest BCUT2D eigenvalue weighted by Crippen LogP contribution is 2.26. The molecule has 1 fully saturated rings. The van der Waals surface area contributed by atoms with Crippen molar-refractivity contribution in [2.75, 3.05) is 10.6 Å². The molecular weight excluding hydrogens is 460 g/mol. The van der Waals surface area contributed by atoms with E-state index in [1.54, 1.807) is 18.2 Å². The molecule has 10 nitrogen and oxygen atoms in total. The van der Waals surface area contributed by atoms with Gasteiger partial charge in [-0.25, -0.2) is 4.98 Å². The van der Waals surface area contributed by atoms with Gasteiger partial charge in [0.05, 0.1) is 11.0 Å². The van der Waals surface area contributed by atoms with Gasteiger partial charge >= 0.3 is 16.1 Å². The maximum Gasteiger partial charge on any atom is 0.339 e. The maximum absolute atomic E-state index is 12.7. The smallest absolute Gasteiger partial charge is 0.339 e. The van der Waals surface area contributed by atoms with Gasteiger partial charge in [-0.05, 0) is 55.7 Å². The third-order valence-corrected chi connectivity index (χ3v) is 6.84. The van der Waals surface area contributed by atoms with Crippen molar-refractivity contribution < 1.29 is 27.3 Å². The van der Waals surface area contributed by atoms with E-state index in [0.717, 1.165) is 18.5 Å². The number of benzene rings is 2. The summed E-state index contributed by atoms with van der Waals surface area (Å²) in [5, 5.41) is 14.6. The van der Waals surface area contributed by atoms with E-state index in [9.17, 15) is 18.0 Å². The molecule has 0 saturated heterocycles. The minimum atomic E-state index is -4.04. The van der Waals surface area contributed by atoms with E-state index < -0.39 is 16.1 Å². The number of aromatic amines is 1. The zero-order chi connectivity index (χ0) is 24.1. The number of nitrogens with one attached hydrogen (secondary N) is 3. The fourth-order valence-electron chi connectivity index (χ4n) is 3.89. The van der Waals surface area contributed by atoms with Gasteiger partial charge in [0.25, 0.3) is 0 Å². The van der Waals surface area contributed by atoms with Gasteiger partial charge in [-0.15, -0.1) is 0 Å². The van der Waals surface area contributed by atoms with Crippen LogP contribution in [0.15, 0.2) is 47.4 Å². The van der Waals surface area contributed by atoms with E-state index >= 15 is 0 Å². The largest absolute Gasteiger partial charge is 0.481 e. The van der Waals surface area contributed by atoms with Crippen LogP contribution < -0.4 is 14.8 Å². The molecule has 1 heterocycles. The van der Waals surface area contributed by atoms with Gasteiger partial charge in [-0.3, -0.25) is 14.9 Å². The first-order valence-electron chi connectivity index (χ1n) is 11.1. The predicted molar refractivity (Wildman–Crippen MR) is 126 cm³/mol. The molecule has 1 aromatic heterocycles. The second-order valence-electron chi connectivity index (χ2n) is 8.25. The highest BCUT2D eigenvalue weighted by atomic mass is 32.2. The predicted octanol–water partition coefficient (Wildman–Crippen LogP) is 3.88. The number of aliphatic carboxylic acids is 1. The van der Waals surface area contributed by atoms with E-state index in [2.05, 4.69) is 20.6 Å². The van der Waals surface area contributed by atoms with Crippen molar-refractivity contribution in [3.63, 3.8) is 0 Å². The zero-order valence-electron chi connectivity index (χ0n) is 18.4. The highest BCUT2D eigenvalue weighted by molar-refractivity contribution is 7.87. The Bertz CT molecular complexity index is 1280. The van der Waals surface area contributed by atoms with Gasteiger partial charge in [0, 0.05) is 30.6 Å². The lowest BCUT2D eigenvalue weighted by atomic mass is 10.2. The minimum absolute atomic E-state index is 0.0449. The number of hydrogen-bond acceptors (Lipinski definition) is 7. The molecule has 4 rings (SSSR count). The van der Waals surface area contributed by atoms with Gasteiger partial charge in [-0.1, -0.05) is 12.8 Å². The Morgan fingerprint density at radius 1 is 1.09 bits per heavy atom. The number of hydrogen-bond donors (Lipinski definition) is 4. The molecular formula is C23H26N4O6S. The molecule has 3 aromatic rings. The molecule has 1 amide bonds. The number of fused-ring (bicyclic) bond motifs is 1. The number of carboxylic acid groups (broad SMARTS) is 1. The van der Waals surface area contributed by atoms with Crippen LogP contribution in [0, 0.1) is 0 Å². The van der Waals surface area contributed by atoms with Crippen LogP contribution in [0.25, 0.3) is 11.0 Å². The first-order chi connectivity index (χ1) is 16.3. The maximum atomic E-state index is 12.7. The standard InChI is InChI=1S/C23H26N4O6S/c28-21(6-3-7-22(29)30)27-23-25-19-13-10-17(14-20(19)26-23)33-34(31,32)18-11-8-16(9-12-18)24-15-4-1-2-5-15/h8-15,24H,1-7H2,(H,29,30)(H2,25,26,27,28). The lowest BCUT2D eigenvalue weighted by Gasteiger charge is -2.14. The molecule has 34 heavy (non-hydrogen) atoms. The normalized spacial score (nSPS) is 14.2. The molecule has 1 aliphatic rings. The monoisotopic (exact) mass is 486 g/mol. The Labute approximate surface area is 196 Å². The summed E-state index contributed by atoms with van der Waals surface area (Å²) < 4.78 is 30.7. The van der Waals surface area contributed by atoms with Crippen molar-refractivity contribution in [1.29, 1.82) is 0 Å². The summed E-state index contributed by atoms with van der Waals surface area (Å²) >= 11 is 0. The quantitative estimate of drug-likeness (QED) is 0.315.